The molecule has 2 aromatic rings. The zero-order valence-corrected chi connectivity index (χ0v) is 12.6. The van der Waals surface area contributed by atoms with Crippen molar-refractivity contribution in [1.82, 2.24) is 0 Å². The van der Waals surface area contributed by atoms with Crippen molar-refractivity contribution in [2.24, 2.45) is 0 Å². The second-order valence-electron chi connectivity index (χ2n) is 4.44. The second kappa shape index (κ2) is 7.11. The van der Waals surface area contributed by atoms with Crippen LogP contribution in [0.2, 0.25) is 5.02 Å². The molecule has 0 aliphatic heterocycles. The number of hydrogen-bond acceptors (Lipinski definition) is 3. The fourth-order valence-corrected chi connectivity index (χ4v) is 2.17. The molecule has 1 N–H and O–H groups in total. The molecule has 0 aromatic heterocycles. The minimum absolute atomic E-state index is 0.228. The smallest absolute Gasteiger partial charge is 0.255 e. The number of ether oxygens (including phenoxy) is 2. The Labute approximate surface area is 128 Å². The predicted octanol–water partition coefficient (Wildman–Crippen LogP) is 3.75. The number of benzene rings is 2. The average Bonchev–Trinajstić information content (AvgIpc) is 2.48. The van der Waals surface area contributed by atoms with Gasteiger partial charge in [0.2, 0.25) is 0 Å². The van der Waals surface area contributed by atoms with Crippen LogP contribution in [0.1, 0.15) is 15.9 Å². The van der Waals surface area contributed by atoms with Crippen molar-refractivity contribution >= 4 is 23.2 Å². The van der Waals surface area contributed by atoms with E-state index in [4.69, 9.17) is 21.1 Å². The van der Waals surface area contributed by atoms with E-state index in [1.54, 1.807) is 25.3 Å². The van der Waals surface area contributed by atoms with Crippen LogP contribution in [0.15, 0.2) is 42.5 Å². The topological polar surface area (TPSA) is 47.6 Å². The largest absolute Gasteiger partial charge is 0.495 e. The summed E-state index contributed by atoms with van der Waals surface area (Å²) in [4.78, 5) is 12.2. The number of anilines is 1. The number of carbonyl (C=O) groups excluding carboxylic acids is 1. The van der Waals surface area contributed by atoms with Crippen LogP contribution in [-0.2, 0) is 11.3 Å². The standard InChI is InChI=1S/C16H16ClNO3/c1-20-10-11-4-3-5-13(8-11)18-16(19)12-6-7-15(21-2)14(17)9-12/h3-9H,10H2,1-2H3,(H,18,19). The Kier molecular flexibility index (Phi) is 5.20. The molecule has 5 heteroatoms. The van der Waals surface area contributed by atoms with Gasteiger partial charge in [0.1, 0.15) is 5.75 Å². The van der Waals surface area contributed by atoms with Crippen LogP contribution in [0.4, 0.5) is 5.69 Å². The molecule has 2 rings (SSSR count). The van der Waals surface area contributed by atoms with E-state index in [2.05, 4.69) is 5.32 Å². The van der Waals surface area contributed by atoms with E-state index in [0.29, 0.717) is 28.6 Å². The normalized spacial score (nSPS) is 10.2. The third kappa shape index (κ3) is 3.97. The summed E-state index contributed by atoms with van der Waals surface area (Å²) >= 11 is 6.02. The molecule has 0 aliphatic rings. The molecule has 0 unspecified atom stereocenters. The van der Waals surface area contributed by atoms with Gasteiger partial charge in [-0.25, -0.2) is 0 Å². The Morgan fingerprint density at radius 3 is 2.67 bits per heavy atom. The lowest BCUT2D eigenvalue weighted by atomic mass is 10.1. The lowest BCUT2D eigenvalue weighted by Crippen LogP contribution is -2.12. The highest BCUT2D eigenvalue weighted by Gasteiger charge is 2.09. The molecular formula is C16H16ClNO3. The molecule has 0 spiro atoms. The van der Waals surface area contributed by atoms with E-state index >= 15 is 0 Å². The van der Waals surface area contributed by atoms with Crippen LogP contribution in [0.5, 0.6) is 5.75 Å². The zero-order chi connectivity index (χ0) is 15.2. The van der Waals surface area contributed by atoms with Gasteiger partial charge in [0.05, 0.1) is 18.7 Å². The maximum Gasteiger partial charge on any atom is 0.255 e. The first-order valence-electron chi connectivity index (χ1n) is 6.37. The molecule has 0 bridgehead atoms. The SMILES string of the molecule is COCc1cccc(NC(=O)c2ccc(OC)c(Cl)c2)c1. The number of hydrogen-bond donors (Lipinski definition) is 1. The summed E-state index contributed by atoms with van der Waals surface area (Å²) in [6.07, 6.45) is 0. The summed E-state index contributed by atoms with van der Waals surface area (Å²) in [5.74, 6) is 0.310. The Bertz CT molecular complexity index is 643. The van der Waals surface area contributed by atoms with Gasteiger partial charge in [-0.1, -0.05) is 23.7 Å². The van der Waals surface area contributed by atoms with Gasteiger partial charge in [0, 0.05) is 18.4 Å². The molecule has 0 saturated heterocycles. The second-order valence-corrected chi connectivity index (χ2v) is 4.84. The van der Waals surface area contributed by atoms with E-state index in [-0.39, 0.29) is 5.91 Å². The van der Waals surface area contributed by atoms with Crippen molar-refractivity contribution < 1.29 is 14.3 Å². The predicted molar refractivity (Wildman–Crippen MR) is 83.1 cm³/mol. The van der Waals surface area contributed by atoms with E-state index < -0.39 is 0 Å². The molecule has 0 heterocycles. The van der Waals surface area contributed by atoms with Gasteiger partial charge in [0.15, 0.2) is 0 Å². The quantitative estimate of drug-likeness (QED) is 0.915. The maximum absolute atomic E-state index is 12.2. The van der Waals surface area contributed by atoms with E-state index in [1.165, 1.54) is 7.11 Å². The lowest BCUT2D eigenvalue weighted by molar-refractivity contribution is 0.102. The van der Waals surface area contributed by atoms with Gasteiger partial charge in [-0.15, -0.1) is 0 Å². The molecule has 0 atom stereocenters. The van der Waals surface area contributed by atoms with E-state index in [9.17, 15) is 4.79 Å². The molecule has 0 aliphatic carbocycles. The summed E-state index contributed by atoms with van der Waals surface area (Å²) in [5.41, 5.74) is 2.17. The number of rotatable bonds is 5. The molecule has 2 aromatic carbocycles. The van der Waals surface area contributed by atoms with Gasteiger partial charge in [-0.05, 0) is 35.9 Å². The molecule has 0 saturated carbocycles. The molecule has 1 amide bonds. The number of halogens is 1. The van der Waals surface area contributed by atoms with Crippen LogP contribution >= 0.6 is 11.6 Å². The number of amides is 1. The van der Waals surface area contributed by atoms with Gasteiger partial charge < -0.3 is 14.8 Å². The molecule has 4 nitrogen and oxygen atoms in total. The molecule has 110 valence electrons. The maximum atomic E-state index is 12.2. The van der Waals surface area contributed by atoms with E-state index in [1.807, 2.05) is 24.3 Å². The highest BCUT2D eigenvalue weighted by Crippen LogP contribution is 2.25. The van der Waals surface area contributed by atoms with E-state index in [0.717, 1.165) is 5.56 Å². The minimum atomic E-state index is -0.228. The summed E-state index contributed by atoms with van der Waals surface area (Å²) in [7, 11) is 3.16. The van der Waals surface area contributed by atoms with Crippen molar-refractivity contribution in [2.45, 2.75) is 6.61 Å². The molecular weight excluding hydrogens is 290 g/mol. The van der Waals surface area contributed by atoms with Crippen LogP contribution in [0, 0.1) is 0 Å². The summed E-state index contributed by atoms with van der Waals surface area (Å²) in [6, 6.07) is 12.4. The third-order valence-electron chi connectivity index (χ3n) is 2.91. The number of nitrogens with one attached hydrogen (secondary N) is 1. The monoisotopic (exact) mass is 305 g/mol. The van der Waals surface area contributed by atoms with Crippen LogP contribution in [0.3, 0.4) is 0 Å². The Balaban J connectivity index is 2.14. The zero-order valence-electron chi connectivity index (χ0n) is 11.9. The van der Waals surface area contributed by atoms with Crippen molar-refractivity contribution in [3.63, 3.8) is 0 Å². The van der Waals surface area contributed by atoms with Gasteiger partial charge in [-0.3, -0.25) is 4.79 Å². The first kappa shape index (κ1) is 15.4. The Hall–Kier alpha value is -2.04. The van der Waals surface area contributed by atoms with Crippen molar-refractivity contribution in [1.29, 1.82) is 0 Å². The summed E-state index contributed by atoms with van der Waals surface area (Å²) in [6.45, 7) is 0.498. The molecule has 0 radical (unpaired) electrons. The van der Waals surface area contributed by atoms with Gasteiger partial charge >= 0.3 is 0 Å². The highest BCUT2D eigenvalue weighted by atomic mass is 35.5. The van der Waals surface area contributed by atoms with Crippen LogP contribution in [-0.4, -0.2) is 20.1 Å². The summed E-state index contributed by atoms with van der Waals surface area (Å²) in [5, 5.41) is 3.23. The first-order valence-corrected chi connectivity index (χ1v) is 6.74. The lowest BCUT2D eigenvalue weighted by Gasteiger charge is -2.09. The first-order chi connectivity index (χ1) is 10.1. The Morgan fingerprint density at radius 1 is 1.19 bits per heavy atom. The van der Waals surface area contributed by atoms with Gasteiger partial charge in [0.25, 0.3) is 5.91 Å². The Morgan fingerprint density at radius 2 is 2.00 bits per heavy atom. The van der Waals surface area contributed by atoms with Crippen molar-refractivity contribution in [2.75, 3.05) is 19.5 Å². The minimum Gasteiger partial charge on any atom is -0.495 e. The fourth-order valence-electron chi connectivity index (χ4n) is 1.92. The highest BCUT2D eigenvalue weighted by molar-refractivity contribution is 6.32. The van der Waals surface area contributed by atoms with Crippen LogP contribution < -0.4 is 10.1 Å². The number of carbonyl (C=O) groups is 1. The van der Waals surface area contributed by atoms with Crippen molar-refractivity contribution in [3.8, 4) is 5.75 Å². The van der Waals surface area contributed by atoms with Gasteiger partial charge in [-0.2, -0.15) is 0 Å². The molecule has 21 heavy (non-hydrogen) atoms. The average molecular weight is 306 g/mol. The fraction of sp³-hybridized carbons (Fsp3) is 0.188. The number of methoxy groups -OCH3 is 2. The molecule has 0 fully saturated rings. The van der Waals surface area contributed by atoms with Crippen LogP contribution in [0.25, 0.3) is 0 Å². The van der Waals surface area contributed by atoms with Crippen molar-refractivity contribution in [3.05, 3.63) is 58.6 Å². The summed E-state index contributed by atoms with van der Waals surface area (Å²) < 4.78 is 10.1. The third-order valence-corrected chi connectivity index (χ3v) is 3.21.